The van der Waals surface area contributed by atoms with Crippen molar-refractivity contribution in [3.05, 3.63) is 22.2 Å². The number of methoxy groups -OCH3 is 2. The number of benzene rings is 1. The zero-order chi connectivity index (χ0) is 13.8. The summed E-state index contributed by atoms with van der Waals surface area (Å²) < 4.78 is 11.0. The maximum Gasteiger partial charge on any atom is 0.144 e. The van der Waals surface area contributed by atoms with Crippen LogP contribution in [0.5, 0.6) is 11.5 Å². The first-order chi connectivity index (χ1) is 9.22. The molecule has 1 heterocycles. The van der Waals surface area contributed by atoms with Crippen LogP contribution in [0.3, 0.4) is 0 Å². The van der Waals surface area contributed by atoms with Crippen LogP contribution in [0.1, 0.15) is 36.8 Å². The van der Waals surface area contributed by atoms with Gasteiger partial charge in [0.1, 0.15) is 16.5 Å². The van der Waals surface area contributed by atoms with Gasteiger partial charge in [-0.2, -0.15) is 0 Å². The van der Waals surface area contributed by atoms with E-state index in [0.717, 1.165) is 36.6 Å². The zero-order valence-corrected chi connectivity index (χ0v) is 12.6. The van der Waals surface area contributed by atoms with E-state index in [9.17, 15) is 0 Å². The summed E-state index contributed by atoms with van der Waals surface area (Å²) in [5.41, 5.74) is 2.35. The Morgan fingerprint density at radius 3 is 2.58 bits per heavy atom. The largest absolute Gasteiger partial charge is 0.495 e. The number of hydrogen-bond acceptors (Lipinski definition) is 3. The van der Waals surface area contributed by atoms with Crippen LogP contribution in [-0.2, 0) is 6.42 Å². The first-order valence-corrected chi connectivity index (χ1v) is 7.24. The molecule has 1 aromatic carbocycles. The minimum atomic E-state index is 0.470. The average Bonchev–Trinajstić information content (AvgIpc) is 2.47. The average molecular weight is 284 g/mol. The van der Waals surface area contributed by atoms with Crippen LogP contribution in [0, 0.1) is 0 Å². The smallest absolute Gasteiger partial charge is 0.144 e. The summed E-state index contributed by atoms with van der Waals surface area (Å²) in [7, 11) is 3.33. The zero-order valence-electron chi connectivity index (χ0n) is 11.9. The first-order valence-electron chi connectivity index (χ1n) is 6.86. The molecule has 0 radical (unpaired) electrons. The molecular formula is C15H22ClNO2. The normalized spacial score (nSPS) is 19.3. The molecular weight excluding hydrogens is 262 g/mol. The van der Waals surface area contributed by atoms with E-state index >= 15 is 0 Å². The quantitative estimate of drug-likeness (QED) is 0.919. The fraction of sp³-hybridized carbons (Fsp3) is 0.600. The van der Waals surface area contributed by atoms with Gasteiger partial charge < -0.3 is 14.8 Å². The van der Waals surface area contributed by atoms with Gasteiger partial charge in [0.05, 0.1) is 14.2 Å². The van der Waals surface area contributed by atoms with E-state index in [0.29, 0.717) is 10.9 Å². The van der Waals surface area contributed by atoms with Gasteiger partial charge in [0, 0.05) is 18.0 Å². The van der Waals surface area contributed by atoms with Crippen molar-refractivity contribution in [1.29, 1.82) is 0 Å². The molecule has 1 aromatic rings. The van der Waals surface area contributed by atoms with E-state index in [2.05, 4.69) is 18.3 Å². The Bertz CT molecular complexity index is 442. The van der Waals surface area contributed by atoms with Gasteiger partial charge in [0.2, 0.25) is 0 Å². The second-order valence-corrected chi connectivity index (χ2v) is 5.28. The van der Waals surface area contributed by atoms with Crippen LogP contribution in [0.4, 0.5) is 0 Å². The van der Waals surface area contributed by atoms with Gasteiger partial charge in [-0.05, 0) is 37.4 Å². The topological polar surface area (TPSA) is 30.5 Å². The molecule has 1 atom stereocenters. The molecule has 1 aliphatic heterocycles. The molecule has 19 heavy (non-hydrogen) atoms. The molecule has 106 valence electrons. The van der Waals surface area contributed by atoms with Crippen molar-refractivity contribution >= 4 is 11.6 Å². The molecule has 1 fully saturated rings. The van der Waals surface area contributed by atoms with Crippen LogP contribution >= 0.6 is 11.6 Å². The van der Waals surface area contributed by atoms with E-state index in [-0.39, 0.29) is 0 Å². The number of hydrogen-bond donors (Lipinski definition) is 1. The predicted molar refractivity (Wildman–Crippen MR) is 78.8 cm³/mol. The third-order valence-corrected chi connectivity index (χ3v) is 4.15. The lowest BCUT2D eigenvalue weighted by Gasteiger charge is -2.26. The Labute approximate surface area is 120 Å². The Balaban J connectivity index is 2.49. The summed E-state index contributed by atoms with van der Waals surface area (Å²) in [4.78, 5) is 0. The lowest BCUT2D eigenvalue weighted by molar-refractivity contribution is 0.378. The minimum Gasteiger partial charge on any atom is -0.495 e. The van der Waals surface area contributed by atoms with Crippen molar-refractivity contribution in [1.82, 2.24) is 5.32 Å². The number of aryl methyl sites for hydroxylation is 1. The monoisotopic (exact) mass is 283 g/mol. The van der Waals surface area contributed by atoms with E-state index in [1.165, 1.54) is 18.4 Å². The molecule has 1 unspecified atom stereocenters. The summed E-state index contributed by atoms with van der Waals surface area (Å²) in [5, 5.41) is 4.04. The molecule has 3 nitrogen and oxygen atoms in total. The lowest BCUT2D eigenvalue weighted by atomic mass is 9.89. The maximum atomic E-state index is 6.45. The molecule has 1 N–H and O–H groups in total. The van der Waals surface area contributed by atoms with Gasteiger partial charge in [-0.3, -0.25) is 0 Å². The van der Waals surface area contributed by atoms with Crippen molar-refractivity contribution < 1.29 is 9.47 Å². The van der Waals surface area contributed by atoms with Crippen LogP contribution in [0.25, 0.3) is 0 Å². The Kier molecular flexibility index (Phi) is 4.94. The van der Waals surface area contributed by atoms with Crippen molar-refractivity contribution in [2.45, 2.75) is 32.1 Å². The third kappa shape index (κ3) is 2.82. The second-order valence-electron chi connectivity index (χ2n) is 4.90. The van der Waals surface area contributed by atoms with Crippen LogP contribution in [-0.4, -0.2) is 27.3 Å². The minimum absolute atomic E-state index is 0.470. The van der Waals surface area contributed by atoms with E-state index in [4.69, 9.17) is 21.1 Å². The van der Waals surface area contributed by atoms with Gasteiger partial charge in [0.25, 0.3) is 0 Å². The highest BCUT2D eigenvalue weighted by atomic mass is 35.5. The van der Waals surface area contributed by atoms with Crippen LogP contribution in [0.15, 0.2) is 6.07 Å². The van der Waals surface area contributed by atoms with E-state index in [1.54, 1.807) is 14.2 Å². The van der Waals surface area contributed by atoms with Crippen LogP contribution in [0.2, 0.25) is 5.02 Å². The highest BCUT2D eigenvalue weighted by Gasteiger charge is 2.24. The summed E-state index contributed by atoms with van der Waals surface area (Å²) in [5.74, 6) is 1.98. The molecule has 1 saturated heterocycles. The predicted octanol–water partition coefficient (Wildman–Crippen LogP) is 3.39. The standard InChI is InChI=1S/C15H22ClNO2/c1-4-10-8-12(11-6-5-7-17-9-11)15(19-3)13(16)14(10)18-2/h8,11,17H,4-7,9H2,1-3H3. The van der Waals surface area contributed by atoms with E-state index < -0.39 is 0 Å². The van der Waals surface area contributed by atoms with Crippen molar-refractivity contribution in [2.75, 3.05) is 27.3 Å². The van der Waals surface area contributed by atoms with Crippen molar-refractivity contribution in [3.8, 4) is 11.5 Å². The van der Waals surface area contributed by atoms with Gasteiger partial charge in [-0.1, -0.05) is 18.5 Å². The SMILES string of the molecule is CCc1cc(C2CCCNC2)c(OC)c(Cl)c1OC. The molecule has 0 aliphatic carbocycles. The molecule has 1 aliphatic rings. The first kappa shape index (κ1) is 14.5. The van der Waals surface area contributed by atoms with Crippen LogP contribution < -0.4 is 14.8 Å². The molecule has 0 aromatic heterocycles. The summed E-state index contributed by atoms with van der Waals surface area (Å²) >= 11 is 6.45. The van der Waals surface area contributed by atoms with Gasteiger partial charge >= 0.3 is 0 Å². The molecule has 0 saturated carbocycles. The lowest BCUT2D eigenvalue weighted by Crippen LogP contribution is -2.28. The summed E-state index contributed by atoms with van der Waals surface area (Å²) in [6, 6.07) is 2.20. The number of rotatable bonds is 4. The maximum absolute atomic E-state index is 6.45. The van der Waals surface area contributed by atoms with E-state index in [1.807, 2.05) is 0 Å². The Hall–Kier alpha value is -0.930. The molecule has 4 heteroatoms. The van der Waals surface area contributed by atoms with Gasteiger partial charge in [-0.25, -0.2) is 0 Å². The number of piperidine rings is 1. The van der Waals surface area contributed by atoms with Gasteiger partial charge in [0.15, 0.2) is 0 Å². The molecule has 2 rings (SSSR count). The summed E-state index contributed by atoms with van der Waals surface area (Å²) in [6.07, 6.45) is 3.27. The summed E-state index contributed by atoms with van der Waals surface area (Å²) in [6.45, 7) is 4.20. The molecule has 0 bridgehead atoms. The Morgan fingerprint density at radius 2 is 2.05 bits per heavy atom. The van der Waals surface area contributed by atoms with Gasteiger partial charge in [-0.15, -0.1) is 0 Å². The fourth-order valence-electron chi connectivity index (χ4n) is 2.80. The Morgan fingerprint density at radius 1 is 1.32 bits per heavy atom. The molecule has 0 amide bonds. The molecule has 0 spiro atoms. The number of ether oxygens (including phenoxy) is 2. The van der Waals surface area contributed by atoms with Crippen molar-refractivity contribution in [2.24, 2.45) is 0 Å². The highest BCUT2D eigenvalue weighted by Crippen LogP contribution is 2.44. The third-order valence-electron chi connectivity index (χ3n) is 3.81. The fourth-order valence-corrected chi connectivity index (χ4v) is 3.19. The second kappa shape index (κ2) is 6.49. The highest BCUT2D eigenvalue weighted by molar-refractivity contribution is 6.33. The number of nitrogens with one attached hydrogen (secondary N) is 1. The number of halogens is 1. The van der Waals surface area contributed by atoms with Crippen molar-refractivity contribution in [3.63, 3.8) is 0 Å².